The van der Waals surface area contributed by atoms with Gasteiger partial charge < -0.3 is 4.74 Å². The van der Waals surface area contributed by atoms with Crippen molar-refractivity contribution < 1.29 is 9.53 Å². The van der Waals surface area contributed by atoms with Gasteiger partial charge in [0.15, 0.2) is 0 Å². The molecule has 0 fully saturated rings. The first-order valence-electron chi connectivity index (χ1n) is 5.16. The fourth-order valence-corrected chi connectivity index (χ4v) is 1.06. The van der Waals surface area contributed by atoms with E-state index in [0.717, 1.165) is 11.1 Å². The van der Waals surface area contributed by atoms with E-state index >= 15 is 0 Å². The fraction of sp³-hybridized carbons (Fsp3) is 0.357. The largest absolute Gasteiger partial charge is 0.460 e. The average molecular weight is 216 g/mol. The van der Waals surface area contributed by atoms with Crippen LogP contribution in [0.25, 0.3) is 0 Å². The number of esters is 1. The van der Waals surface area contributed by atoms with Crippen LogP contribution in [0.2, 0.25) is 0 Å². The Morgan fingerprint density at radius 3 is 2.31 bits per heavy atom. The number of terminal acetylenes is 1. The van der Waals surface area contributed by atoms with Gasteiger partial charge in [-0.2, -0.15) is 0 Å². The topological polar surface area (TPSA) is 26.3 Å². The quantitative estimate of drug-likeness (QED) is 0.561. The maximum atomic E-state index is 11.5. The molecule has 0 saturated heterocycles. The van der Waals surface area contributed by atoms with Crippen molar-refractivity contribution in [3.8, 4) is 12.3 Å². The molecule has 1 aromatic carbocycles. The predicted octanol–water partition coefficient (Wildman–Crippen LogP) is 2.76. The van der Waals surface area contributed by atoms with Crippen LogP contribution in [0.3, 0.4) is 0 Å². The minimum atomic E-state index is -0.460. The third kappa shape index (κ3) is 3.43. The molecule has 2 nitrogen and oxygen atoms in total. The van der Waals surface area contributed by atoms with Crippen LogP contribution in [0.15, 0.2) is 24.3 Å². The second-order valence-corrected chi connectivity index (χ2v) is 4.67. The lowest BCUT2D eigenvalue weighted by atomic mass is 9.97. The van der Waals surface area contributed by atoms with Gasteiger partial charge in [-0.25, -0.2) is 0 Å². The second-order valence-electron chi connectivity index (χ2n) is 4.67. The molecule has 0 amide bonds. The van der Waals surface area contributed by atoms with Crippen LogP contribution in [0.5, 0.6) is 0 Å². The van der Waals surface area contributed by atoms with Crippen molar-refractivity contribution in [3.63, 3.8) is 0 Å². The summed E-state index contributed by atoms with van der Waals surface area (Å²) in [4.78, 5) is 11.5. The summed E-state index contributed by atoms with van der Waals surface area (Å²) >= 11 is 0. The van der Waals surface area contributed by atoms with Gasteiger partial charge in [0.1, 0.15) is 6.61 Å². The molecule has 0 unspecified atom stereocenters. The molecule has 0 aliphatic heterocycles. The highest BCUT2D eigenvalue weighted by Gasteiger charge is 2.22. The number of carbonyl (C=O) groups excluding carboxylic acids is 1. The monoisotopic (exact) mass is 216 g/mol. The lowest BCUT2D eigenvalue weighted by molar-refractivity contribution is -0.154. The number of carbonyl (C=O) groups is 1. The number of ether oxygens (including phenoxy) is 1. The molecule has 0 spiro atoms. The van der Waals surface area contributed by atoms with Gasteiger partial charge in [0.25, 0.3) is 0 Å². The third-order valence-electron chi connectivity index (χ3n) is 2.10. The normalized spacial score (nSPS) is 10.6. The lowest BCUT2D eigenvalue weighted by Gasteiger charge is -2.16. The summed E-state index contributed by atoms with van der Waals surface area (Å²) in [5.41, 5.74) is 1.31. The first-order chi connectivity index (χ1) is 7.43. The van der Waals surface area contributed by atoms with E-state index in [0.29, 0.717) is 6.61 Å². The van der Waals surface area contributed by atoms with Crippen molar-refractivity contribution in [3.05, 3.63) is 35.4 Å². The molecular formula is C14H16O2. The van der Waals surface area contributed by atoms with Gasteiger partial charge in [-0.15, -0.1) is 6.42 Å². The molecule has 0 heterocycles. The van der Waals surface area contributed by atoms with Crippen molar-refractivity contribution in [2.75, 3.05) is 0 Å². The van der Waals surface area contributed by atoms with Crippen LogP contribution in [-0.4, -0.2) is 5.97 Å². The molecule has 0 aliphatic carbocycles. The first-order valence-corrected chi connectivity index (χ1v) is 5.16. The Labute approximate surface area is 96.6 Å². The zero-order valence-corrected chi connectivity index (χ0v) is 9.91. The number of hydrogen-bond donors (Lipinski definition) is 0. The van der Waals surface area contributed by atoms with E-state index in [1.165, 1.54) is 0 Å². The summed E-state index contributed by atoms with van der Waals surface area (Å²) in [5.74, 6) is 2.34. The minimum Gasteiger partial charge on any atom is -0.460 e. The molecule has 16 heavy (non-hydrogen) atoms. The van der Waals surface area contributed by atoms with Gasteiger partial charge in [0.05, 0.1) is 5.41 Å². The van der Waals surface area contributed by atoms with Crippen molar-refractivity contribution in [2.45, 2.75) is 27.4 Å². The van der Waals surface area contributed by atoms with E-state index in [2.05, 4.69) is 5.92 Å². The van der Waals surface area contributed by atoms with Gasteiger partial charge in [-0.05, 0) is 38.5 Å². The fourth-order valence-electron chi connectivity index (χ4n) is 1.06. The Morgan fingerprint density at radius 2 is 1.88 bits per heavy atom. The molecule has 0 atom stereocenters. The van der Waals surface area contributed by atoms with Crippen LogP contribution in [0.4, 0.5) is 0 Å². The van der Waals surface area contributed by atoms with E-state index < -0.39 is 5.41 Å². The second kappa shape index (κ2) is 4.85. The van der Waals surface area contributed by atoms with Gasteiger partial charge in [-0.3, -0.25) is 4.79 Å². The number of benzene rings is 1. The highest BCUT2D eigenvalue weighted by atomic mass is 16.5. The Hall–Kier alpha value is -1.75. The lowest BCUT2D eigenvalue weighted by Crippen LogP contribution is -2.22. The summed E-state index contributed by atoms with van der Waals surface area (Å²) in [7, 11) is 0. The SMILES string of the molecule is C#Cc1ccc(COC(=O)C(C)(C)C)cc1. The summed E-state index contributed by atoms with van der Waals surface area (Å²) in [6.07, 6.45) is 5.24. The predicted molar refractivity (Wildman–Crippen MR) is 63.6 cm³/mol. The van der Waals surface area contributed by atoms with Gasteiger partial charge in [0.2, 0.25) is 0 Å². The molecule has 1 rings (SSSR count). The van der Waals surface area contributed by atoms with E-state index in [1.54, 1.807) is 0 Å². The van der Waals surface area contributed by atoms with Crippen LogP contribution >= 0.6 is 0 Å². The Balaban J connectivity index is 2.56. The molecule has 0 bridgehead atoms. The summed E-state index contributed by atoms with van der Waals surface area (Å²) in [6, 6.07) is 7.40. The maximum absolute atomic E-state index is 11.5. The maximum Gasteiger partial charge on any atom is 0.311 e. The van der Waals surface area contributed by atoms with Crippen LogP contribution in [-0.2, 0) is 16.1 Å². The number of rotatable bonds is 2. The summed E-state index contributed by atoms with van der Waals surface area (Å²) in [6.45, 7) is 5.78. The molecule has 1 aromatic rings. The average Bonchev–Trinajstić information content (AvgIpc) is 2.25. The molecule has 0 aliphatic rings. The van der Waals surface area contributed by atoms with Crippen molar-refractivity contribution in [1.29, 1.82) is 0 Å². The Kier molecular flexibility index (Phi) is 3.73. The molecule has 0 N–H and O–H groups in total. The standard InChI is InChI=1S/C14H16O2/c1-5-11-6-8-12(9-7-11)10-16-13(15)14(2,3)4/h1,6-9H,10H2,2-4H3. The molecular weight excluding hydrogens is 200 g/mol. The summed E-state index contributed by atoms with van der Waals surface area (Å²) < 4.78 is 5.18. The van der Waals surface area contributed by atoms with Crippen molar-refractivity contribution >= 4 is 5.97 Å². The van der Waals surface area contributed by atoms with Crippen LogP contribution < -0.4 is 0 Å². The minimum absolute atomic E-state index is 0.200. The smallest absolute Gasteiger partial charge is 0.311 e. The van der Waals surface area contributed by atoms with E-state index in [9.17, 15) is 4.79 Å². The molecule has 0 saturated carbocycles. The molecule has 0 radical (unpaired) electrons. The first kappa shape index (κ1) is 12.3. The number of hydrogen-bond acceptors (Lipinski definition) is 2. The molecule has 84 valence electrons. The summed E-state index contributed by atoms with van der Waals surface area (Å²) in [5, 5.41) is 0. The molecule has 0 aromatic heterocycles. The zero-order valence-electron chi connectivity index (χ0n) is 9.91. The zero-order chi connectivity index (χ0) is 12.2. The van der Waals surface area contributed by atoms with Crippen molar-refractivity contribution in [2.24, 2.45) is 5.41 Å². The Bertz CT molecular complexity index is 402. The van der Waals surface area contributed by atoms with E-state index in [1.807, 2.05) is 45.0 Å². The highest BCUT2D eigenvalue weighted by molar-refractivity contribution is 5.75. The van der Waals surface area contributed by atoms with Gasteiger partial charge in [-0.1, -0.05) is 18.1 Å². The third-order valence-corrected chi connectivity index (χ3v) is 2.10. The van der Waals surface area contributed by atoms with E-state index in [-0.39, 0.29) is 5.97 Å². The highest BCUT2D eigenvalue weighted by Crippen LogP contribution is 2.16. The van der Waals surface area contributed by atoms with E-state index in [4.69, 9.17) is 11.2 Å². The van der Waals surface area contributed by atoms with Gasteiger partial charge in [0, 0.05) is 5.56 Å². The van der Waals surface area contributed by atoms with Gasteiger partial charge >= 0.3 is 5.97 Å². The van der Waals surface area contributed by atoms with Crippen LogP contribution in [0, 0.1) is 17.8 Å². The van der Waals surface area contributed by atoms with Crippen molar-refractivity contribution in [1.82, 2.24) is 0 Å². The van der Waals surface area contributed by atoms with Crippen LogP contribution in [0.1, 0.15) is 31.9 Å². The molecule has 2 heteroatoms. The Morgan fingerprint density at radius 1 is 1.31 bits per heavy atom.